The molecule has 0 bridgehead atoms. The van der Waals surface area contributed by atoms with Crippen LogP contribution in [0.3, 0.4) is 0 Å². The van der Waals surface area contributed by atoms with Gasteiger partial charge in [-0.1, -0.05) is 124 Å². The number of carbonyl (C=O) groups excluding carboxylic acids is 1. The van der Waals surface area contributed by atoms with Gasteiger partial charge in [0.1, 0.15) is 5.76 Å². The third kappa shape index (κ3) is 9.26. The van der Waals surface area contributed by atoms with Crippen molar-refractivity contribution in [2.75, 3.05) is 0 Å². The molecule has 0 fully saturated rings. The minimum atomic E-state index is -0.337. The maximum atomic E-state index is 12.2. The van der Waals surface area contributed by atoms with Gasteiger partial charge in [-0.3, -0.25) is 9.78 Å². The van der Waals surface area contributed by atoms with Gasteiger partial charge in [-0.25, -0.2) is 0 Å². The largest absolute Gasteiger partial charge is 0.512 e. The molecule has 0 saturated carbocycles. The summed E-state index contributed by atoms with van der Waals surface area (Å²) in [5.41, 5.74) is 4.96. The molecule has 1 aliphatic heterocycles. The number of allylic oxidation sites excluding steroid dienone is 2. The molecule has 1 aromatic heterocycles. The summed E-state index contributed by atoms with van der Waals surface area (Å²) in [4.78, 5) is 19.7. The van der Waals surface area contributed by atoms with Crippen LogP contribution in [-0.4, -0.2) is 15.9 Å². The molecule has 49 heavy (non-hydrogen) atoms. The molecule has 2 heterocycles. The Bertz CT molecular complexity index is 1820. The number of hydrogen-bond donors (Lipinski definition) is 1. The fraction of sp³-hybridized carbons (Fsp3) is 0.500. The van der Waals surface area contributed by atoms with Crippen molar-refractivity contribution < 1.29 is 30.0 Å². The van der Waals surface area contributed by atoms with Crippen LogP contribution in [0.15, 0.2) is 70.3 Å². The van der Waals surface area contributed by atoms with E-state index in [0.717, 1.165) is 44.2 Å². The van der Waals surface area contributed by atoms with Gasteiger partial charge in [0.15, 0.2) is 5.78 Å². The van der Waals surface area contributed by atoms with Crippen molar-refractivity contribution in [3.05, 3.63) is 77.7 Å². The number of ketones is 1. The van der Waals surface area contributed by atoms with Gasteiger partial charge in [0.25, 0.3) is 0 Å². The minimum Gasteiger partial charge on any atom is -0.512 e. The summed E-state index contributed by atoms with van der Waals surface area (Å²) in [7, 11) is 0. The van der Waals surface area contributed by atoms with E-state index in [1.54, 1.807) is 0 Å². The molecule has 3 nitrogen and oxygen atoms in total. The number of fused-ring (bicyclic) bond motifs is 3. The third-order valence-electron chi connectivity index (χ3n) is 10.4. The zero-order chi connectivity index (χ0) is 35.7. The van der Waals surface area contributed by atoms with Crippen molar-refractivity contribution in [1.82, 2.24) is 4.98 Å². The van der Waals surface area contributed by atoms with Crippen LogP contribution in [0.2, 0.25) is 0 Å². The van der Waals surface area contributed by atoms with E-state index in [2.05, 4.69) is 90.1 Å². The van der Waals surface area contributed by atoms with Crippen molar-refractivity contribution in [3.8, 4) is 11.3 Å². The first-order chi connectivity index (χ1) is 22.4. The number of pyridine rings is 1. The summed E-state index contributed by atoms with van der Waals surface area (Å²) in [5.74, 6) is 0.286. The first-order valence-electron chi connectivity index (χ1n) is 17.9. The Morgan fingerprint density at radius 2 is 1.43 bits per heavy atom. The molecule has 0 saturated heterocycles. The van der Waals surface area contributed by atoms with Crippen molar-refractivity contribution in [2.45, 2.75) is 131 Å². The molecule has 1 aliphatic rings. The van der Waals surface area contributed by atoms with Gasteiger partial charge in [0.05, 0.1) is 0 Å². The summed E-state index contributed by atoms with van der Waals surface area (Å²) in [6.07, 6.45) is 8.82. The maximum Gasteiger partial charge on any atom is 0.164 e. The zero-order valence-corrected chi connectivity index (χ0v) is 35.2. The fourth-order valence-corrected chi connectivity index (χ4v) is 7.72. The van der Waals surface area contributed by atoms with Gasteiger partial charge in [0.2, 0.25) is 0 Å². The van der Waals surface area contributed by atoms with Crippen LogP contribution in [0.4, 0.5) is 0 Å². The number of aromatic nitrogens is 1. The SMILES string of the molecule is CC(C)(C)Cc1cc2c3c(nccc3c1)-c1[c-]c3ccccc3c(CC(C)(C)C)c1S2.CCC(C)(CC)C(=O)/C=C(\O)C(C)(CC)CC.[Ir]. The van der Waals surface area contributed by atoms with Gasteiger partial charge in [-0.15, -0.1) is 29.3 Å². The van der Waals surface area contributed by atoms with E-state index in [1.807, 2.05) is 59.5 Å². The van der Waals surface area contributed by atoms with Crippen molar-refractivity contribution in [1.29, 1.82) is 0 Å². The molecule has 0 atom stereocenters. The number of carbonyl (C=O) groups is 1. The Morgan fingerprint density at radius 1 is 0.837 bits per heavy atom. The summed E-state index contributed by atoms with van der Waals surface area (Å²) in [5, 5.41) is 15.2. The number of hydrogen-bond acceptors (Lipinski definition) is 4. The van der Waals surface area contributed by atoms with Crippen LogP contribution in [0, 0.1) is 27.7 Å². The molecule has 5 rings (SSSR count). The number of benzene rings is 3. The normalized spacial score (nSPS) is 13.4. The molecule has 5 heteroatoms. The first kappa shape index (κ1) is 41.0. The average molecular weight is 857 g/mol. The molecule has 0 aliphatic carbocycles. The Kier molecular flexibility index (Phi) is 13.2. The number of nitrogens with zero attached hydrogens (tertiary/aromatic N) is 1. The quantitative estimate of drug-likeness (QED) is 0.0911. The summed E-state index contributed by atoms with van der Waals surface area (Å²) >= 11 is 1.93. The van der Waals surface area contributed by atoms with Crippen LogP contribution in [0.25, 0.3) is 32.8 Å². The zero-order valence-electron chi connectivity index (χ0n) is 32.0. The van der Waals surface area contributed by atoms with Crippen LogP contribution in [-0.2, 0) is 37.7 Å². The molecule has 1 N–H and O–H groups in total. The maximum absolute atomic E-state index is 12.2. The third-order valence-corrected chi connectivity index (χ3v) is 11.6. The van der Waals surface area contributed by atoms with E-state index in [9.17, 15) is 9.90 Å². The van der Waals surface area contributed by atoms with E-state index in [-0.39, 0.29) is 53.3 Å². The number of rotatable bonds is 9. The average Bonchev–Trinajstić information content (AvgIpc) is 3.03. The van der Waals surface area contributed by atoms with E-state index < -0.39 is 0 Å². The predicted octanol–water partition coefficient (Wildman–Crippen LogP) is 13.1. The minimum absolute atomic E-state index is 0. The van der Waals surface area contributed by atoms with E-state index in [0.29, 0.717) is 0 Å². The first-order valence-corrected chi connectivity index (χ1v) is 18.7. The van der Waals surface area contributed by atoms with E-state index >= 15 is 0 Å². The number of aliphatic hydroxyl groups is 1. The summed E-state index contributed by atoms with van der Waals surface area (Å²) < 4.78 is 0. The topological polar surface area (TPSA) is 50.2 Å². The Morgan fingerprint density at radius 3 is 2.00 bits per heavy atom. The molecule has 0 amide bonds. The molecular weight excluding hydrogens is 799 g/mol. The second-order valence-corrected chi connectivity index (χ2v) is 17.8. The van der Waals surface area contributed by atoms with E-state index in [1.165, 1.54) is 54.1 Å². The fourth-order valence-electron chi connectivity index (χ4n) is 6.42. The Balaban J connectivity index is 0.000000312. The standard InChI is InChI=1S/C29H30NS.C15H28O2.Ir/c1-28(2,3)16-18-13-20-11-12-30-26-22-15-19-9-7-8-10-21(19)23(17-29(4,5)6)27(22)31-24(14-18)25(20)26;1-7-14(5,8-2)12(16)11-13(17)15(6,9-3)10-4;/h7-14H,16-17H2,1-6H3;11,16H,7-10H2,1-6H3;/q-1;;/b;12-11-;. The molecule has 267 valence electrons. The summed E-state index contributed by atoms with van der Waals surface area (Å²) in [6.45, 7) is 26.0. The van der Waals surface area contributed by atoms with Gasteiger partial charge >= 0.3 is 0 Å². The smallest absolute Gasteiger partial charge is 0.164 e. The van der Waals surface area contributed by atoms with Crippen LogP contribution in [0.1, 0.15) is 120 Å². The second-order valence-electron chi connectivity index (χ2n) is 16.7. The molecule has 1 radical (unpaired) electrons. The second kappa shape index (κ2) is 15.8. The molecule has 0 spiro atoms. The van der Waals surface area contributed by atoms with E-state index in [4.69, 9.17) is 4.98 Å². The Hall–Kier alpha value is -2.46. The monoisotopic (exact) mass is 857 g/mol. The van der Waals surface area contributed by atoms with Crippen molar-refractivity contribution >= 4 is 39.1 Å². The molecule has 0 unspecified atom stereocenters. The van der Waals surface area contributed by atoms with Gasteiger partial charge in [-0.2, -0.15) is 0 Å². The van der Waals surface area contributed by atoms with Crippen molar-refractivity contribution in [2.24, 2.45) is 21.7 Å². The Labute approximate surface area is 314 Å². The van der Waals surface area contributed by atoms with Crippen molar-refractivity contribution in [3.63, 3.8) is 0 Å². The number of aliphatic hydroxyl groups excluding tert-OH is 1. The van der Waals surface area contributed by atoms with Gasteiger partial charge < -0.3 is 5.11 Å². The van der Waals surface area contributed by atoms with Gasteiger partial charge in [0, 0.05) is 53.8 Å². The molecule has 3 aromatic carbocycles. The van der Waals surface area contributed by atoms with Gasteiger partial charge in [-0.05, 0) is 82.7 Å². The van der Waals surface area contributed by atoms with Crippen LogP contribution in [0.5, 0.6) is 0 Å². The molecular formula is C44H58IrNO2S-. The van der Waals surface area contributed by atoms with Crippen LogP contribution >= 0.6 is 11.8 Å². The predicted molar refractivity (Wildman–Crippen MR) is 207 cm³/mol. The summed E-state index contributed by atoms with van der Waals surface area (Å²) in [6, 6.07) is 19.4. The molecule has 4 aromatic rings. The van der Waals surface area contributed by atoms with Crippen LogP contribution < -0.4 is 0 Å².